The van der Waals surface area contributed by atoms with Gasteiger partial charge in [-0.15, -0.1) is 23.5 Å². The third-order valence-corrected chi connectivity index (χ3v) is 25.5. The molecule has 10 nitrogen and oxygen atoms in total. The molecule has 7 aromatic rings. The number of rotatable bonds is 20. The molecule has 0 bridgehead atoms. The zero-order chi connectivity index (χ0) is 57.7. The van der Waals surface area contributed by atoms with Gasteiger partial charge in [-0.05, 0) is 181 Å². The molecule has 0 aromatic heterocycles. The molecule has 4 aliphatic heterocycles. The Kier molecular flexibility index (Phi) is 20.6. The molecule has 0 spiro atoms. The van der Waals surface area contributed by atoms with Gasteiger partial charge >= 0.3 is 0 Å². The van der Waals surface area contributed by atoms with Crippen molar-refractivity contribution in [2.75, 3.05) is 52.5 Å². The highest BCUT2D eigenvalue weighted by Gasteiger charge is 2.47. The largest absolute Gasteiger partial charge is 0.543 e. The quantitative estimate of drug-likeness (QED) is 0.0711. The second kappa shape index (κ2) is 28.6. The maximum atomic E-state index is 10.2. The molecule has 438 valence electrons. The first-order valence-corrected chi connectivity index (χ1v) is 34.1. The Hall–Kier alpha value is -6.22. The number of hydrogen-bond donors (Lipinski definition) is 2. The van der Waals surface area contributed by atoms with Gasteiger partial charge in [0.1, 0.15) is 78.0 Å². The molecule has 83 heavy (non-hydrogen) atoms. The van der Waals surface area contributed by atoms with Gasteiger partial charge in [-0.2, -0.15) is 0 Å². The van der Waals surface area contributed by atoms with Crippen molar-refractivity contribution < 1.29 is 38.3 Å². The second-order valence-corrected chi connectivity index (χ2v) is 31.1. The van der Waals surface area contributed by atoms with Gasteiger partial charge in [-0.3, -0.25) is 9.80 Å². The van der Waals surface area contributed by atoms with Crippen molar-refractivity contribution in [2.24, 2.45) is 0 Å². The lowest BCUT2D eigenvalue weighted by molar-refractivity contribution is 0.182. The minimum absolute atomic E-state index is 0.00310. The first-order valence-electron chi connectivity index (χ1n) is 30.2. The third-order valence-electron chi connectivity index (χ3n) is 16.8. The number of hydrogen-bond acceptors (Lipinski definition) is 12. The van der Waals surface area contributed by atoms with Gasteiger partial charge in [-0.25, -0.2) is 0 Å². The second-order valence-electron chi connectivity index (χ2n) is 23.4. The van der Waals surface area contributed by atoms with E-state index in [1.807, 2.05) is 60.7 Å². The van der Waals surface area contributed by atoms with Gasteiger partial charge in [0.05, 0.1) is 20.3 Å². The predicted molar refractivity (Wildman–Crippen MR) is 340 cm³/mol. The van der Waals surface area contributed by atoms with Crippen LogP contribution in [0, 0.1) is 0 Å². The SMILES string of the molecule is CC(C)[Si](Oc1ccc([C@H]2Sc3cc(O)ccc3O[C@H]2c2ccc(OCCN3CCCCC3)cc2)cc1)(C(C)C)C(C)C.Oc1ccc([C@H]2Sc3cc(OCc4ccccc4)ccc3O[C@H]2c2ccc(OCCN3CCCCC3)cc2)cc1. The number of ether oxygens (including phenoxy) is 5. The maximum Gasteiger partial charge on any atom is 0.258 e. The molecule has 2 fully saturated rings. The average Bonchev–Trinajstić information content (AvgIpc) is 3.02. The van der Waals surface area contributed by atoms with E-state index in [-0.39, 0.29) is 34.2 Å². The van der Waals surface area contributed by atoms with E-state index in [0.29, 0.717) is 36.4 Å². The molecule has 0 amide bonds. The van der Waals surface area contributed by atoms with Crippen LogP contribution in [0.2, 0.25) is 16.6 Å². The molecule has 0 unspecified atom stereocenters. The molecule has 13 heteroatoms. The summed E-state index contributed by atoms with van der Waals surface area (Å²) < 4.78 is 38.5. The highest BCUT2D eigenvalue weighted by atomic mass is 32.2. The zero-order valence-corrected chi connectivity index (χ0v) is 51.9. The van der Waals surface area contributed by atoms with Crippen LogP contribution >= 0.6 is 23.5 Å². The molecule has 4 heterocycles. The fraction of sp³-hybridized carbons (Fsp3) is 0.400. The number of piperidine rings is 2. The lowest BCUT2D eigenvalue weighted by atomic mass is 10.00. The Bertz CT molecular complexity index is 3100. The zero-order valence-electron chi connectivity index (χ0n) is 49.3. The van der Waals surface area contributed by atoms with Gasteiger partial charge in [0.25, 0.3) is 8.32 Å². The Morgan fingerprint density at radius 1 is 0.458 bits per heavy atom. The van der Waals surface area contributed by atoms with Crippen molar-refractivity contribution >= 4 is 31.8 Å². The summed E-state index contributed by atoms with van der Waals surface area (Å²) in [7, 11) is -2.04. The highest BCUT2D eigenvalue weighted by molar-refractivity contribution is 8.00. The molecule has 2 saturated heterocycles. The van der Waals surface area contributed by atoms with E-state index in [1.54, 1.807) is 47.8 Å². The van der Waals surface area contributed by atoms with Crippen molar-refractivity contribution in [1.82, 2.24) is 9.80 Å². The predicted octanol–water partition coefficient (Wildman–Crippen LogP) is 17.6. The van der Waals surface area contributed by atoms with Crippen LogP contribution in [0.25, 0.3) is 0 Å². The van der Waals surface area contributed by atoms with Crippen molar-refractivity contribution in [1.29, 1.82) is 0 Å². The number of aromatic hydroxyl groups is 2. The third kappa shape index (κ3) is 15.4. The molecule has 0 radical (unpaired) electrons. The summed E-state index contributed by atoms with van der Waals surface area (Å²) in [5.74, 6) is 5.68. The van der Waals surface area contributed by atoms with Crippen LogP contribution in [0.4, 0.5) is 0 Å². The minimum Gasteiger partial charge on any atom is -0.543 e. The molecular formula is C70H84N2O8S2Si. The molecule has 4 aliphatic rings. The number of nitrogens with zero attached hydrogens (tertiary/aromatic N) is 2. The molecule has 11 rings (SSSR count). The first kappa shape index (κ1) is 59.9. The minimum atomic E-state index is -2.04. The van der Waals surface area contributed by atoms with Crippen LogP contribution in [0.5, 0.6) is 46.0 Å². The van der Waals surface area contributed by atoms with E-state index in [4.69, 9.17) is 28.1 Å². The van der Waals surface area contributed by atoms with Crippen LogP contribution in [0.3, 0.4) is 0 Å². The summed E-state index contributed by atoms with van der Waals surface area (Å²) in [5, 5.41) is 20.1. The van der Waals surface area contributed by atoms with Crippen molar-refractivity contribution in [3.8, 4) is 46.0 Å². The normalized spacial score (nSPS) is 19.1. The van der Waals surface area contributed by atoms with E-state index in [2.05, 4.69) is 130 Å². The van der Waals surface area contributed by atoms with Crippen molar-refractivity contribution in [2.45, 2.75) is 136 Å². The number of fused-ring (bicyclic) bond motifs is 2. The van der Waals surface area contributed by atoms with Crippen molar-refractivity contribution in [3.05, 3.63) is 192 Å². The Morgan fingerprint density at radius 3 is 1.37 bits per heavy atom. The Morgan fingerprint density at radius 2 is 0.880 bits per heavy atom. The number of phenols is 2. The Labute approximate surface area is 503 Å². The monoisotopic (exact) mass is 1170 g/mol. The molecular weight excluding hydrogens is 1090 g/mol. The topological polar surface area (TPSA) is 102 Å². The van der Waals surface area contributed by atoms with E-state index in [0.717, 1.165) is 79.6 Å². The number of thioether (sulfide) groups is 2. The molecule has 0 saturated carbocycles. The number of benzene rings is 7. The summed E-state index contributed by atoms with van der Waals surface area (Å²) >= 11 is 3.51. The maximum absolute atomic E-state index is 10.2. The van der Waals surface area contributed by atoms with Crippen LogP contribution in [-0.2, 0) is 6.61 Å². The molecule has 0 aliphatic carbocycles. The molecule has 2 N–H and O–H groups in total. The fourth-order valence-electron chi connectivity index (χ4n) is 12.4. The smallest absolute Gasteiger partial charge is 0.258 e. The highest BCUT2D eigenvalue weighted by Crippen LogP contribution is 2.56. The summed E-state index contributed by atoms with van der Waals surface area (Å²) in [4.78, 5) is 6.98. The van der Waals surface area contributed by atoms with E-state index in [9.17, 15) is 10.2 Å². The van der Waals surface area contributed by atoms with E-state index in [1.165, 1.54) is 70.3 Å². The van der Waals surface area contributed by atoms with Gasteiger partial charge in [-0.1, -0.05) is 133 Å². The van der Waals surface area contributed by atoms with Crippen LogP contribution in [0.1, 0.15) is 131 Å². The number of phenolic OH excluding ortho intramolecular Hbond substituents is 2. The molecule has 4 atom stereocenters. The molecule has 7 aromatic carbocycles. The van der Waals surface area contributed by atoms with Crippen molar-refractivity contribution in [3.63, 3.8) is 0 Å². The van der Waals surface area contributed by atoms with Crippen LogP contribution in [0.15, 0.2) is 174 Å². The summed E-state index contributed by atoms with van der Waals surface area (Å²) in [6.07, 6.45) is 7.49. The lowest BCUT2D eigenvalue weighted by Crippen LogP contribution is -2.50. The van der Waals surface area contributed by atoms with Gasteiger partial charge in [0.2, 0.25) is 0 Å². The standard InChI is InChI=1S/C36H49NO4SSi.C34H35NO4S/c1-25(2)43(26(3)4,27(5)6)41-32-17-12-29(13-18-32)36-35(40-33-19-14-30(38)24-34(33)42-36)28-10-15-31(16-11-28)39-23-22-37-20-8-7-9-21-37;36-28-13-9-27(10-14-28)34-33(26-11-15-29(16-12-26)37-22-21-35-19-5-2-6-20-35)39-31-18-17-30(23-32(31)40-34)38-24-25-7-3-1-4-8-25/h10-19,24-27,35-36,38H,7-9,20-23H2,1-6H3;1,3-4,7-18,23,33-34,36H,2,5-6,19-22,24H2/t35-,36+;33-,34+/m00/s1. The van der Waals surface area contributed by atoms with Crippen LogP contribution < -0.4 is 28.1 Å². The fourth-order valence-corrected chi connectivity index (χ4v) is 20.3. The summed E-state index contributed by atoms with van der Waals surface area (Å²) in [5.41, 5.74) is 7.12. The summed E-state index contributed by atoms with van der Waals surface area (Å²) in [6, 6.07) is 54.3. The van der Waals surface area contributed by atoms with Crippen LogP contribution in [-0.4, -0.2) is 80.8 Å². The van der Waals surface area contributed by atoms with Gasteiger partial charge < -0.3 is 38.3 Å². The number of likely N-dealkylation sites (tertiary alicyclic amines) is 2. The van der Waals surface area contributed by atoms with Gasteiger partial charge in [0.15, 0.2) is 0 Å². The first-order chi connectivity index (χ1) is 40.4. The summed E-state index contributed by atoms with van der Waals surface area (Å²) in [6.45, 7) is 22.5. The van der Waals surface area contributed by atoms with Gasteiger partial charge in [0, 0.05) is 13.1 Å². The van der Waals surface area contributed by atoms with E-state index >= 15 is 0 Å². The van der Waals surface area contributed by atoms with E-state index < -0.39 is 8.32 Å². The Balaban J connectivity index is 0.000000186. The average molecular weight is 1170 g/mol. The lowest BCUT2D eigenvalue weighted by Gasteiger charge is -2.42.